The maximum atomic E-state index is 12.6. The Morgan fingerprint density at radius 1 is 1.22 bits per heavy atom. The summed E-state index contributed by atoms with van der Waals surface area (Å²) in [6, 6.07) is 6.89. The SMILES string of the molecule is Cc1ccc(Br)cc1S(=O)(=O)Nc1cnc2c(c1)c(C)nn2C. The van der Waals surface area contributed by atoms with Crippen LogP contribution in [0.4, 0.5) is 5.69 Å². The summed E-state index contributed by atoms with van der Waals surface area (Å²) in [5.74, 6) is 0. The number of fused-ring (bicyclic) bond motifs is 1. The van der Waals surface area contributed by atoms with Gasteiger partial charge in [-0.3, -0.25) is 9.40 Å². The monoisotopic (exact) mass is 394 g/mol. The van der Waals surface area contributed by atoms with E-state index in [0.717, 1.165) is 11.1 Å². The van der Waals surface area contributed by atoms with E-state index in [-0.39, 0.29) is 4.90 Å². The summed E-state index contributed by atoms with van der Waals surface area (Å²) >= 11 is 3.30. The number of pyridine rings is 1. The van der Waals surface area contributed by atoms with Crippen LogP contribution in [0.2, 0.25) is 0 Å². The van der Waals surface area contributed by atoms with Crippen LogP contribution in [0.5, 0.6) is 0 Å². The average Bonchev–Trinajstić information content (AvgIpc) is 2.76. The third-order valence-electron chi connectivity index (χ3n) is 3.55. The molecule has 0 unspecified atom stereocenters. The minimum absolute atomic E-state index is 0.231. The van der Waals surface area contributed by atoms with Gasteiger partial charge in [-0.25, -0.2) is 13.4 Å². The van der Waals surface area contributed by atoms with Crippen molar-refractivity contribution in [1.82, 2.24) is 14.8 Å². The van der Waals surface area contributed by atoms with Gasteiger partial charge in [0.1, 0.15) is 0 Å². The van der Waals surface area contributed by atoms with Crippen molar-refractivity contribution in [3.05, 3.63) is 46.2 Å². The summed E-state index contributed by atoms with van der Waals surface area (Å²) in [6.07, 6.45) is 1.49. The van der Waals surface area contributed by atoms with Gasteiger partial charge in [-0.1, -0.05) is 22.0 Å². The number of hydrogen-bond acceptors (Lipinski definition) is 4. The highest BCUT2D eigenvalue weighted by molar-refractivity contribution is 9.10. The molecule has 23 heavy (non-hydrogen) atoms. The molecule has 6 nitrogen and oxygen atoms in total. The Balaban J connectivity index is 2.03. The van der Waals surface area contributed by atoms with Gasteiger partial charge in [-0.05, 0) is 37.6 Å². The normalized spacial score (nSPS) is 11.8. The van der Waals surface area contributed by atoms with Crippen LogP contribution >= 0.6 is 15.9 Å². The van der Waals surface area contributed by atoms with Gasteiger partial charge in [-0.2, -0.15) is 5.10 Å². The molecule has 8 heteroatoms. The van der Waals surface area contributed by atoms with Crippen LogP contribution in [-0.2, 0) is 17.1 Å². The van der Waals surface area contributed by atoms with Crippen LogP contribution in [0.1, 0.15) is 11.3 Å². The predicted octanol–water partition coefficient (Wildman–Crippen LogP) is 3.15. The molecule has 0 aliphatic heterocycles. The highest BCUT2D eigenvalue weighted by atomic mass is 79.9. The van der Waals surface area contributed by atoms with Crippen LogP contribution in [0.15, 0.2) is 39.8 Å². The molecule has 0 saturated heterocycles. The predicted molar refractivity (Wildman–Crippen MR) is 92.9 cm³/mol. The molecular weight excluding hydrogens is 380 g/mol. The van der Waals surface area contributed by atoms with Crippen molar-refractivity contribution in [3.63, 3.8) is 0 Å². The molecule has 0 aliphatic carbocycles. The molecule has 0 aliphatic rings. The summed E-state index contributed by atoms with van der Waals surface area (Å²) in [5.41, 5.74) is 2.60. The minimum Gasteiger partial charge on any atom is -0.278 e. The van der Waals surface area contributed by atoms with E-state index in [1.54, 1.807) is 42.9 Å². The largest absolute Gasteiger partial charge is 0.278 e. The Morgan fingerprint density at radius 3 is 2.70 bits per heavy atom. The number of anilines is 1. The Morgan fingerprint density at radius 2 is 1.96 bits per heavy atom. The van der Waals surface area contributed by atoms with E-state index in [1.165, 1.54) is 6.20 Å². The Bertz CT molecular complexity index is 1010. The quantitative estimate of drug-likeness (QED) is 0.739. The first-order valence-corrected chi connectivity index (χ1v) is 9.14. The first-order chi connectivity index (χ1) is 10.8. The fourth-order valence-corrected chi connectivity index (χ4v) is 4.26. The number of rotatable bonds is 3. The summed E-state index contributed by atoms with van der Waals surface area (Å²) in [5, 5.41) is 5.10. The van der Waals surface area contributed by atoms with Crippen molar-refractivity contribution >= 4 is 42.7 Å². The number of aryl methyl sites for hydroxylation is 3. The van der Waals surface area contributed by atoms with E-state index in [2.05, 4.69) is 30.7 Å². The summed E-state index contributed by atoms with van der Waals surface area (Å²) in [4.78, 5) is 4.51. The molecule has 1 N–H and O–H groups in total. The topological polar surface area (TPSA) is 76.9 Å². The molecule has 0 fully saturated rings. The lowest BCUT2D eigenvalue weighted by Crippen LogP contribution is -2.14. The fourth-order valence-electron chi connectivity index (χ4n) is 2.44. The van der Waals surface area contributed by atoms with E-state index in [4.69, 9.17) is 0 Å². The number of nitrogens with zero attached hydrogens (tertiary/aromatic N) is 3. The Hall–Kier alpha value is -1.93. The highest BCUT2D eigenvalue weighted by Crippen LogP contribution is 2.25. The van der Waals surface area contributed by atoms with Gasteiger partial charge in [-0.15, -0.1) is 0 Å². The maximum absolute atomic E-state index is 12.6. The minimum atomic E-state index is -3.69. The molecule has 0 radical (unpaired) electrons. The van der Waals surface area contributed by atoms with Crippen molar-refractivity contribution in [3.8, 4) is 0 Å². The number of hydrogen-bond donors (Lipinski definition) is 1. The van der Waals surface area contributed by atoms with Gasteiger partial charge >= 0.3 is 0 Å². The second-order valence-corrected chi connectivity index (χ2v) is 7.89. The summed E-state index contributed by atoms with van der Waals surface area (Å²) < 4.78 is 30.2. The lowest BCUT2D eigenvalue weighted by molar-refractivity contribution is 0.600. The lowest BCUT2D eigenvalue weighted by Gasteiger charge is -2.10. The zero-order valence-corrected chi connectivity index (χ0v) is 15.2. The first kappa shape index (κ1) is 15.9. The summed E-state index contributed by atoms with van der Waals surface area (Å²) in [6.45, 7) is 3.62. The maximum Gasteiger partial charge on any atom is 0.262 e. The Labute approximate surface area is 142 Å². The molecule has 0 saturated carbocycles. The molecule has 0 atom stereocenters. The van der Waals surface area contributed by atoms with E-state index in [9.17, 15) is 8.42 Å². The molecule has 0 bridgehead atoms. The number of halogens is 1. The molecule has 3 rings (SSSR count). The van der Waals surface area contributed by atoms with E-state index in [0.29, 0.717) is 21.4 Å². The first-order valence-electron chi connectivity index (χ1n) is 6.86. The van der Waals surface area contributed by atoms with E-state index >= 15 is 0 Å². The van der Waals surface area contributed by atoms with Crippen molar-refractivity contribution in [2.45, 2.75) is 18.7 Å². The van der Waals surface area contributed by atoms with Crippen molar-refractivity contribution in [2.75, 3.05) is 4.72 Å². The molecule has 3 aromatic rings. The van der Waals surface area contributed by atoms with Crippen LogP contribution in [0.3, 0.4) is 0 Å². The number of aromatic nitrogens is 3. The van der Waals surface area contributed by atoms with Gasteiger partial charge < -0.3 is 0 Å². The molecule has 2 aromatic heterocycles. The fraction of sp³-hybridized carbons (Fsp3) is 0.200. The molecule has 0 spiro atoms. The van der Waals surface area contributed by atoms with Crippen LogP contribution in [0, 0.1) is 13.8 Å². The second kappa shape index (κ2) is 5.61. The number of sulfonamides is 1. The summed E-state index contributed by atoms with van der Waals surface area (Å²) in [7, 11) is -1.89. The lowest BCUT2D eigenvalue weighted by atomic mass is 10.2. The third-order valence-corrected chi connectivity index (χ3v) is 5.57. The zero-order valence-electron chi connectivity index (χ0n) is 12.8. The average molecular weight is 395 g/mol. The smallest absolute Gasteiger partial charge is 0.262 e. The van der Waals surface area contributed by atoms with Gasteiger partial charge in [0.05, 0.1) is 22.5 Å². The molecular formula is C15H15BrN4O2S. The van der Waals surface area contributed by atoms with Crippen LogP contribution in [-0.4, -0.2) is 23.2 Å². The number of nitrogens with one attached hydrogen (secondary N) is 1. The molecule has 120 valence electrons. The second-order valence-electron chi connectivity index (χ2n) is 5.32. The van der Waals surface area contributed by atoms with Crippen molar-refractivity contribution in [1.29, 1.82) is 0 Å². The van der Waals surface area contributed by atoms with Gasteiger partial charge in [0.15, 0.2) is 5.65 Å². The molecule has 1 aromatic carbocycles. The number of benzene rings is 1. The standard InChI is InChI=1S/C15H15BrN4O2S/c1-9-4-5-11(16)6-14(9)23(21,22)19-12-7-13-10(2)18-20(3)15(13)17-8-12/h4-8,19H,1-3H3. The molecule has 2 heterocycles. The highest BCUT2D eigenvalue weighted by Gasteiger charge is 2.18. The third kappa shape index (κ3) is 2.96. The van der Waals surface area contributed by atoms with Crippen molar-refractivity contribution in [2.24, 2.45) is 7.05 Å². The van der Waals surface area contributed by atoms with Crippen LogP contribution in [0.25, 0.3) is 11.0 Å². The van der Waals surface area contributed by atoms with E-state index < -0.39 is 10.0 Å². The van der Waals surface area contributed by atoms with Crippen molar-refractivity contribution < 1.29 is 8.42 Å². The van der Waals surface area contributed by atoms with Gasteiger partial charge in [0.2, 0.25) is 0 Å². The van der Waals surface area contributed by atoms with Gasteiger partial charge in [0, 0.05) is 16.9 Å². The van der Waals surface area contributed by atoms with E-state index in [1.807, 2.05) is 6.92 Å². The molecule has 0 amide bonds. The zero-order chi connectivity index (χ0) is 16.8. The van der Waals surface area contributed by atoms with Crippen LogP contribution < -0.4 is 4.72 Å². The van der Waals surface area contributed by atoms with Gasteiger partial charge in [0.25, 0.3) is 10.0 Å². The Kier molecular flexibility index (Phi) is 3.89.